The van der Waals surface area contributed by atoms with Crippen molar-refractivity contribution >= 4 is 23.4 Å². The van der Waals surface area contributed by atoms with Gasteiger partial charge in [-0.1, -0.05) is 30.9 Å². The Morgan fingerprint density at radius 1 is 1.03 bits per heavy atom. The van der Waals surface area contributed by atoms with Crippen molar-refractivity contribution in [1.82, 2.24) is 15.5 Å². The van der Waals surface area contributed by atoms with Gasteiger partial charge in [0.15, 0.2) is 0 Å². The van der Waals surface area contributed by atoms with Crippen LogP contribution in [0, 0.1) is 0 Å². The molecule has 1 saturated carbocycles. The van der Waals surface area contributed by atoms with Gasteiger partial charge in [0.05, 0.1) is 13.2 Å². The van der Waals surface area contributed by atoms with Gasteiger partial charge < -0.3 is 15.4 Å². The third-order valence-corrected chi connectivity index (χ3v) is 6.31. The van der Waals surface area contributed by atoms with E-state index >= 15 is 0 Å². The van der Waals surface area contributed by atoms with E-state index in [9.17, 15) is 9.59 Å². The molecule has 1 heterocycles. The predicted octanol–water partition coefficient (Wildman–Crippen LogP) is 3.00. The topological polar surface area (TPSA) is 70.7 Å². The highest BCUT2D eigenvalue weighted by Crippen LogP contribution is 2.33. The molecule has 2 aliphatic rings. The Kier molecular flexibility index (Phi) is 8.33. The molecule has 1 aliphatic carbocycles. The summed E-state index contributed by atoms with van der Waals surface area (Å²) in [5, 5.41) is 6.62. The van der Waals surface area contributed by atoms with Crippen molar-refractivity contribution in [3.63, 3.8) is 0 Å². The molecule has 3 rings (SSSR count). The van der Waals surface area contributed by atoms with E-state index in [1.807, 2.05) is 0 Å². The summed E-state index contributed by atoms with van der Waals surface area (Å²) in [7, 11) is 0. The molecule has 1 aromatic rings. The predicted molar refractivity (Wildman–Crippen MR) is 114 cm³/mol. The number of rotatable bonds is 8. The lowest BCUT2D eigenvalue weighted by atomic mass is 9.79. The zero-order chi connectivity index (χ0) is 20.5. The van der Waals surface area contributed by atoms with E-state index in [1.54, 1.807) is 24.3 Å². The zero-order valence-electron chi connectivity index (χ0n) is 17.1. The quantitative estimate of drug-likeness (QED) is 0.633. The van der Waals surface area contributed by atoms with Crippen LogP contribution in [-0.4, -0.2) is 61.6 Å². The molecule has 160 valence electrons. The second kappa shape index (κ2) is 11.0. The van der Waals surface area contributed by atoms with Gasteiger partial charge >= 0.3 is 0 Å². The van der Waals surface area contributed by atoms with Crippen molar-refractivity contribution in [2.24, 2.45) is 0 Å². The van der Waals surface area contributed by atoms with Gasteiger partial charge in [-0.25, -0.2) is 0 Å². The average molecular weight is 422 g/mol. The summed E-state index contributed by atoms with van der Waals surface area (Å²) < 4.78 is 5.51. The van der Waals surface area contributed by atoms with Gasteiger partial charge in [-0.3, -0.25) is 14.5 Å². The van der Waals surface area contributed by atoms with Crippen LogP contribution in [0.2, 0.25) is 5.02 Å². The SMILES string of the molecule is O=C(CCCNC(=O)c1ccc(Cl)cc1)NCC1(N2CCOCC2)CCCCC1. The fraction of sp³-hybridized carbons (Fsp3) is 0.636. The van der Waals surface area contributed by atoms with Crippen LogP contribution in [0.1, 0.15) is 55.3 Å². The first-order valence-corrected chi connectivity index (χ1v) is 11.1. The minimum absolute atomic E-state index is 0.0592. The monoisotopic (exact) mass is 421 g/mol. The first-order chi connectivity index (χ1) is 14.1. The van der Waals surface area contributed by atoms with Gasteiger partial charge in [0.25, 0.3) is 5.91 Å². The van der Waals surface area contributed by atoms with E-state index in [0.717, 1.165) is 39.1 Å². The molecule has 0 atom stereocenters. The molecule has 2 fully saturated rings. The number of halogens is 1. The number of nitrogens with one attached hydrogen (secondary N) is 2. The first-order valence-electron chi connectivity index (χ1n) is 10.7. The fourth-order valence-corrected chi connectivity index (χ4v) is 4.48. The summed E-state index contributed by atoms with van der Waals surface area (Å²) in [5.41, 5.74) is 0.657. The Morgan fingerprint density at radius 2 is 1.72 bits per heavy atom. The van der Waals surface area contributed by atoms with Gasteiger partial charge in [-0.05, 0) is 43.5 Å². The van der Waals surface area contributed by atoms with Gasteiger partial charge in [-0.2, -0.15) is 0 Å². The molecule has 0 spiro atoms. The Hall–Kier alpha value is -1.63. The number of hydrogen-bond acceptors (Lipinski definition) is 4. The second-order valence-electron chi connectivity index (χ2n) is 8.03. The standard InChI is InChI=1S/C22H32ClN3O3/c23-19-8-6-18(7-9-19)21(28)24-12-4-5-20(27)25-17-22(10-2-1-3-11-22)26-13-15-29-16-14-26/h6-9H,1-5,10-17H2,(H,24,28)(H,25,27). The van der Waals surface area contributed by atoms with Gasteiger partial charge in [0.2, 0.25) is 5.91 Å². The molecule has 2 amide bonds. The number of hydrogen-bond donors (Lipinski definition) is 2. The third kappa shape index (κ3) is 6.43. The van der Waals surface area contributed by atoms with Crippen molar-refractivity contribution in [1.29, 1.82) is 0 Å². The molecule has 1 aromatic carbocycles. The van der Waals surface area contributed by atoms with E-state index in [0.29, 0.717) is 36.5 Å². The van der Waals surface area contributed by atoms with Crippen molar-refractivity contribution in [2.75, 3.05) is 39.4 Å². The van der Waals surface area contributed by atoms with Crippen LogP contribution < -0.4 is 10.6 Å². The highest BCUT2D eigenvalue weighted by molar-refractivity contribution is 6.30. The molecule has 0 unspecified atom stereocenters. The second-order valence-corrected chi connectivity index (χ2v) is 8.46. The summed E-state index contributed by atoms with van der Waals surface area (Å²) >= 11 is 5.84. The maximum atomic E-state index is 12.4. The molecule has 0 aromatic heterocycles. The lowest BCUT2D eigenvalue weighted by Gasteiger charge is -2.48. The highest BCUT2D eigenvalue weighted by atomic mass is 35.5. The Morgan fingerprint density at radius 3 is 2.41 bits per heavy atom. The van der Waals surface area contributed by atoms with Gasteiger partial charge in [0.1, 0.15) is 0 Å². The summed E-state index contributed by atoms with van der Waals surface area (Å²) in [6.07, 6.45) is 7.06. The van der Waals surface area contributed by atoms with Gasteiger partial charge in [0, 0.05) is 48.7 Å². The zero-order valence-corrected chi connectivity index (χ0v) is 17.8. The Balaban J connectivity index is 1.39. The number of amides is 2. The van der Waals surface area contributed by atoms with E-state index < -0.39 is 0 Å². The highest BCUT2D eigenvalue weighted by Gasteiger charge is 2.38. The molecular formula is C22H32ClN3O3. The van der Waals surface area contributed by atoms with Crippen LogP contribution >= 0.6 is 11.6 Å². The molecular weight excluding hydrogens is 390 g/mol. The number of benzene rings is 1. The van der Waals surface area contributed by atoms with Gasteiger partial charge in [-0.15, -0.1) is 0 Å². The summed E-state index contributed by atoms with van der Waals surface area (Å²) in [4.78, 5) is 27.0. The fourth-order valence-electron chi connectivity index (χ4n) is 4.36. The molecule has 2 N–H and O–H groups in total. The third-order valence-electron chi connectivity index (χ3n) is 6.05. The summed E-state index contributed by atoms with van der Waals surface area (Å²) in [6, 6.07) is 6.78. The first kappa shape index (κ1) is 22.1. The van der Waals surface area contributed by atoms with Crippen LogP contribution in [-0.2, 0) is 9.53 Å². The van der Waals surface area contributed by atoms with Crippen LogP contribution in [0.15, 0.2) is 24.3 Å². The van der Waals surface area contributed by atoms with Crippen LogP contribution in [0.4, 0.5) is 0 Å². The number of carbonyl (C=O) groups excluding carboxylic acids is 2. The van der Waals surface area contributed by atoms with Crippen LogP contribution in [0.25, 0.3) is 0 Å². The van der Waals surface area contributed by atoms with E-state index in [2.05, 4.69) is 15.5 Å². The van der Waals surface area contributed by atoms with Crippen molar-refractivity contribution in [3.05, 3.63) is 34.9 Å². The molecule has 1 saturated heterocycles. The molecule has 0 bridgehead atoms. The van der Waals surface area contributed by atoms with E-state index in [4.69, 9.17) is 16.3 Å². The smallest absolute Gasteiger partial charge is 0.251 e. The lowest BCUT2D eigenvalue weighted by Crippen LogP contribution is -2.59. The van der Waals surface area contributed by atoms with Crippen LogP contribution in [0.5, 0.6) is 0 Å². The minimum Gasteiger partial charge on any atom is -0.379 e. The average Bonchev–Trinajstić information content (AvgIpc) is 2.77. The maximum Gasteiger partial charge on any atom is 0.251 e. The van der Waals surface area contributed by atoms with E-state index in [-0.39, 0.29) is 17.4 Å². The maximum absolute atomic E-state index is 12.4. The molecule has 1 aliphatic heterocycles. The molecule has 0 radical (unpaired) electrons. The largest absolute Gasteiger partial charge is 0.379 e. The minimum atomic E-state index is -0.143. The van der Waals surface area contributed by atoms with E-state index in [1.165, 1.54) is 19.3 Å². The van der Waals surface area contributed by atoms with Crippen LogP contribution in [0.3, 0.4) is 0 Å². The summed E-state index contributed by atoms with van der Waals surface area (Å²) in [6.45, 7) is 4.65. The normalized spacial score (nSPS) is 19.5. The number of carbonyl (C=O) groups is 2. The lowest BCUT2D eigenvalue weighted by molar-refractivity contribution is -0.122. The van der Waals surface area contributed by atoms with Crippen molar-refractivity contribution in [2.45, 2.75) is 50.5 Å². The molecule has 7 heteroatoms. The van der Waals surface area contributed by atoms with Crippen molar-refractivity contribution < 1.29 is 14.3 Å². The number of morpholine rings is 1. The molecule has 29 heavy (non-hydrogen) atoms. The Bertz CT molecular complexity index is 668. The summed E-state index contributed by atoms with van der Waals surface area (Å²) in [5.74, 6) is -0.0838. The Labute approximate surface area is 178 Å². The number of nitrogens with zero attached hydrogens (tertiary/aromatic N) is 1. The molecule has 6 nitrogen and oxygen atoms in total. The van der Waals surface area contributed by atoms with Crippen molar-refractivity contribution in [3.8, 4) is 0 Å². The number of ether oxygens (including phenoxy) is 1.